The van der Waals surface area contributed by atoms with Gasteiger partial charge in [-0.15, -0.1) is 0 Å². The molecular formula is C26H26N2O2S. The second-order valence-electron chi connectivity index (χ2n) is 7.38. The molecule has 0 amide bonds. The molecule has 4 nitrogen and oxygen atoms in total. The van der Waals surface area contributed by atoms with Crippen LogP contribution in [-0.2, 0) is 25.6 Å². The van der Waals surface area contributed by atoms with E-state index in [4.69, 9.17) is 13.5 Å². The highest BCUT2D eigenvalue weighted by Crippen LogP contribution is 2.38. The van der Waals surface area contributed by atoms with Crippen molar-refractivity contribution in [2.24, 2.45) is 8.73 Å². The van der Waals surface area contributed by atoms with Gasteiger partial charge in [-0.2, -0.15) is 0 Å². The van der Waals surface area contributed by atoms with Gasteiger partial charge in [0.25, 0.3) is 0 Å². The van der Waals surface area contributed by atoms with E-state index < -0.39 is 9.62 Å². The average molecular weight is 431 g/mol. The zero-order valence-electron chi connectivity index (χ0n) is 17.8. The molecule has 0 aliphatic carbocycles. The molecule has 158 valence electrons. The van der Waals surface area contributed by atoms with Gasteiger partial charge in [-0.25, -0.2) is 13.5 Å². The number of hydrogen-bond acceptors (Lipinski definition) is 4. The molecule has 0 spiro atoms. The first-order valence-electron chi connectivity index (χ1n) is 10.4. The van der Waals surface area contributed by atoms with Crippen LogP contribution in [0, 0.1) is 0 Å². The minimum absolute atomic E-state index is 0.317. The van der Waals surface area contributed by atoms with Crippen molar-refractivity contribution < 1.29 is 9.53 Å². The molecule has 31 heavy (non-hydrogen) atoms. The molecule has 0 radical (unpaired) electrons. The zero-order valence-corrected chi connectivity index (χ0v) is 18.6. The summed E-state index contributed by atoms with van der Waals surface area (Å²) in [4.78, 5) is 14.0. The molecule has 0 N–H and O–H groups in total. The number of carbonyl (C=O) groups is 1. The maximum absolute atomic E-state index is 13.0. The summed E-state index contributed by atoms with van der Waals surface area (Å²) >= 11 is 0. The lowest BCUT2D eigenvalue weighted by Gasteiger charge is -2.24. The Morgan fingerprint density at radius 2 is 1.55 bits per heavy atom. The molecular weight excluding hydrogens is 404 g/mol. The van der Waals surface area contributed by atoms with E-state index in [9.17, 15) is 4.79 Å². The van der Waals surface area contributed by atoms with Gasteiger partial charge in [-0.1, -0.05) is 66.7 Å². The first-order chi connectivity index (χ1) is 15.1. The fourth-order valence-corrected chi connectivity index (χ4v) is 6.05. The Labute approximate surface area is 184 Å². The molecule has 0 aromatic heterocycles. The van der Waals surface area contributed by atoms with Gasteiger partial charge in [0.05, 0.1) is 23.6 Å². The Bertz CT molecular complexity index is 1240. The molecule has 3 aromatic rings. The highest BCUT2D eigenvalue weighted by molar-refractivity contribution is 7.95. The number of ether oxygens (including phenoxy) is 1. The van der Waals surface area contributed by atoms with Gasteiger partial charge in [0.2, 0.25) is 0 Å². The van der Waals surface area contributed by atoms with Crippen LogP contribution < -0.4 is 0 Å². The number of esters is 1. The summed E-state index contributed by atoms with van der Waals surface area (Å²) in [5.41, 5.74) is 4.33. The van der Waals surface area contributed by atoms with Gasteiger partial charge < -0.3 is 4.74 Å². The van der Waals surface area contributed by atoms with Gasteiger partial charge in [0.1, 0.15) is 0 Å². The molecule has 0 saturated carbocycles. The molecule has 1 aliphatic heterocycles. The van der Waals surface area contributed by atoms with Crippen molar-refractivity contribution in [1.29, 1.82) is 0 Å². The molecule has 0 saturated heterocycles. The number of aryl methyl sites for hydroxylation is 1. The van der Waals surface area contributed by atoms with Gasteiger partial charge >= 0.3 is 5.97 Å². The number of nitrogens with zero attached hydrogens (tertiary/aromatic N) is 2. The zero-order chi connectivity index (χ0) is 21.7. The quantitative estimate of drug-likeness (QED) is 0.422. The van der Waals surface area contributed by atoms with Gasteiger partial charge in [0.15, 0.2) is 0 Å². The Balaban J connectivity index is 1.90. The van der Waals surface area contributed by atoms with E-state index in [1.165, 1.54) is 5.56 Å². The van der Waals surface area contributed by atoms with Crippen LogP contribution in [0.5, 0.6) is 0 Å². The third kappa shape index (κ3) is 4.62. The first-order valence-corrected chi connectivity index (χ1v) is 12.4. The van der Waals surface area contributed by atoms with Crippen molar-refractivity contribution in [3.63, 3.8) is 0 Å². The summed E-state index contributed by atoms with van der Waals surface area (Å²) in [6, 6.07) is 28.2. The first kappa shape index (κ1) is 21.1. The topological polar surface area (TPSA) is 51.0 Å². The SMILES string of the molecule is CCOC(=O)C1=C(CCc2ccccc2)N=S(C)(=Nc2ccccc2)c2ccccc21. The van der Waals surface area contributed by atoms with Crippen LogP contribution in [0.1, 0.15) is 24.5 Å². The largest absolute Gasteiger partial charge is 0.462 e. The van der Waals surface area contributed by atoms with Crippen molar-refractivity contribution in [3.8, 4) is 0 Å². The van der Waals surface area contributed by atoms with Crippen molar-refractivity contribution >= 4 is 26.9 Å². The average Bonchev–Trinajstić information content (AvgIpc) is 2.79. The molecule has 0 fully saturated rings. The van der Waals surface area contributed by atoms with Crippen molar-refractivity contribution in [2.75, 3.05) is 12.9 Å². The van der Waals surface area contributed by atoms with E-state index in [2.05, 4.69) is 18.4 Å². The van der Waals surface area contributed by atoms with Crippen LogP contribution in [0.25, 0.3) is 5.57 Å². The highest BCUT2D eigenvalue weighted by atomic mass is 32.2. The molecule has 1 atom stereocenters. The molecule has 4 rings (SSSR count). The monoisotopic (exact) mass is 430 g/mol. The molecule has 1 aliphatic rings. The van der Waals surface area contributed by atoms with Crippen LogP contribution in [-0.4, -0.2) is 18.8 Å². The summed E-state index contributed by atoms with van der Waals surface area (Å²) in [5.74, 6) is -0.317. The summed E-state index contributed by atoms with van der Waals surface area (Å²) < 4.78 is 15.6. The predicted octanol–water partition coefficient (Wildman–Crippen LogP) is 6.45. The lowest BCUT2D eigenvalue weighted by molar-refractivity contribution is -0.136. The summed E-state index contributed by atoms with van der Waals surface area (Å²) in [5, 5.41) is 0. The van der Waals surface area contributed by atoms with Gasteiger partial charge in [-0.05, 0) is 53.1 Å². The number of benzene rings is 3. The Hall–Kier alpha value is -3.18. The minimum atomic E-state index is -1.90. The van der Waals surface area contributed by atoms with Crippen LogP contribution in [0.2, 0.25) is 0 Å². The van der Waals surface area contributed by atoms with Crippen LogP contribution >= 0.6 is 0 Å². The van der Waals surface area contributed by atoms with E-state index >= 15 is 0 Å². The molecule has 1 unspecified atom stereocenters. The second kappa shape index (κ2) is 9.31. The summed E-state index contributed by atoms with van der Waals surface area (Å²) in [7, 11) is -1.90. The maximum Gasteiger partial charge on any atom is 0.340 e. The Kier molecular flexibility index (Phi) is 6.33. The molecule has 3 aromatic carbocycles. The maximum atomic E-state index is 13.0. The number of hydrogen-bond donors (Lipinski definition) is 0. The van der Waals surface area contributed by atoms with Crippen LogP contribution in [0.3, 0.4) is 0 Å². The molecule has 0 bridgehead atoms. The van der Waals surface area contributed by atoms with Crippen molar-refractivity contribution in [3.05, 3.63) is 102 Å². The van der Waals surface area contributed by atoms with Crippen LogP contribution in [0.15, 0.2) is 104 Å². The van der Waals surface area contributed by atoms with Crippen molar-refractivity contribution in [2.45, 2.75) is 24.7 Å². The predicted molar refractivity (Wildman–Crippen MR) is 127 cm³/mol. The minimum Gasteiger partial charge on any atom is -0.462 e. The Morgan fingerprint density at radius 3 is 2.26 bits per heavy atom. The van der Waals surface area contributed by atoms with E-state index in [0.717, 1.165) is 28.3 Å². The fraction of sp³-hybridized carbons (Fsp3) is 0.192. The summed E-state index contributed by atoms with van der Waals surface area (Å²) in [6.07, 6.45) is 3.54. The third-order valence-corrected chi connectivity index (χ3v) is 7.49. The standard InChI is InChI=1S/C26H26N2O2S/c1-3-30-26(29)25-22-16-10-11-17-24(22)31(2,27-21-14-8-5-9-15-21)28-23(25)19-18-20-12-6-4-7-13-20/h4-17H,3,18-19H2,1-2H3. The summed E-state index contributed by atoms with van der Waals surface area (Å²) in [6.45, 7) is 2.16. The fourth-order valence-electron chi connectivity index (χ4n) is 3.75. The number of allylic oxidation sites excluding steroid dienone is 1. The van der Waals surface area contributed by atoms with E-state index in [0.29, 0.717) is 18.6 Å². The van der Waals surface area contributed by atoms with Crippen LogP contribution in [0.4, 0.5) is 5.69 Å². The second-order valence-corrected chi connectivity index (χ2v) is 9.85. The molecule has 5 heteroatoms. The van der Waals surface area contributed by atoms with Crippen molar-refractivity contribution in [1.82, 2.24) is 0 Å². The highest BCUT2D eigenvalue weighted by Gasteiger charge is 2.28. The third-order valence-electron chi connectivity index (χ3n) is 5.16. The lowest BCUT2D eigenvalue weighted by Crippen LogP contribution is -2.16. The van der Waals surface area contributed by atoms with Gasteiger partial charge in [-0.3, -0.25) is 0 Å². The number of fused-ring (bicyclic) bond motifs is 1. The normalized spacial score (nSPS) is 17.5. The van der Waals surface area contributed by atoms with E-state index in [-0.39, 0.29) is 5.97 Å². The Morgan fingerprint density at radius 1 is 0.903 bits per heavy atom. The van der Waals surface area contributed by atoms with E-state index in [1.807, 2.05) is 79.7 Å². The van der Waals surface area contributed by atoms with Gasteiger partial charge in [0, 0.05) is 16.7 Å². The lowest BCUT2D eigenvalue weighted by atomic mass is 9.99. The number of carbonyl (C=O) groups excluding carboxylic acids is 1. The molecule has 1 heterocycles. The smallest absolute Gasteiger partial charge is 0.340 e. The number of rotatable bonds is 6. The van der Waals surface area contributed by atoms with E-state index in [1.54, 1.807) is 0 Å².